The van der Waals surface area contributed by atoms with Crippen LogP contribution >= 0.6 is 0 Å². The van der Waals surface area contributed by atoms with Crippen molar-refractivity contribution >= 4 is 5.96 Å². The topological polar surface area (TPSA) is 70.4 Å². The fourth-order valence-corrected chi connectivity index (χ4v) is 2.72. The summed E-state index contributed by atoms with van der Waals surface area (Å²) in [6.07, 6.45) is 8.04. The summed E-state index contributed by atoms with van der Waals surface area (Å²) in [7, 11) is 0. The van der Waals surface area contributed by atoms with Crippen molar-refractivity contribution in [2.45, 2.75) is 66.0 Å². The minimum atomic E-state index is 0.436. The van der Waals surface area contributed by atoms with Gasteiger partial charge in [-0.3, -0.25) is 4.99 Å². The van der Waals surface area contributed by atoms with Crippen molar-refractivity contribution < 1.29 is 0 Å². The molecule has 0 fully saturated rings. The first-order chi connectivity index (χ1) is 12.2. The van der Waals surface area contributed by atoms with Gasteiger partial charge in [-0.2, -0.15) is 0 Å². The number of guanidine groups is 1. The molecule has 7 nitrogen and oxygen atoms in total. The van der Waals surface area contributed by atoms with Gasteiger partial charge in [0.05, 0.1) is 0 Å². The molecule has 2 N–H and O–H groups in total. The lowest BCUT2D eigenvalue weighted by Crippen LogP contribution is -2.42. The molecule has 0 aromatic carbocycles. The van der Waals surface area contributed by atoms with Crippen LogP contribution in [0.25, 0.3) is 0 Å². The van der Waals surface area contributed by atoms with Crippen LogP contribution in [0.1, 0.15) is 53.4 Å². The number of unbranched alkanes of at least 4 members (excludes halogenated alkanes) is 1. The Morgan fingerprint density at radius 2 is 1.84 bits per heavy atom. The Kier molecular flexibility index (Phi) is 11.7. The molecule has 144 valence electrons. The van der Waals surface area contributed by atoms with Crippen molar-refractivity contribution in [1.82, 2.24) is 30.3 Å². The first-order valence-electron chi connectivity index (χ1n) is 9.79. The molecule has 0 aliphatic heterocycles. The molecule has 0 saturated heterocycles. The number of rotatable bonds is 13. The Bertz CT molecular complexity index is 440. The molecule has 25 heavy (non-hydrogen) atoms. The molecule has 0 spiro atoms. The highest BCUT2D eigenvalue weighted by molar-refractivity contribution is 5.79. The quantitative estimate of drug-likeness (QED) is 0.324. The molecular formula is C18H37N7. The van der Waals surface area contributed by atoms with Crippen LogP contribution in [0.15, 0.2) is 17.6 Å². The van der Waals surface area contributed by atoms with Crippen LogP contribution in [0.4, 0.5) is 0 Å². The first kappa shape index (κ1) is 21.4. The van der Waals surface area contributed by atoms with Gasteiger partial charge >= 0.3 is 0 Å². The lowest BCUT2D eigenvalue weighted by Gasteiger charge is -2.21. The Balaban J connectivity index is 2.24. The van der Waals surface area contributed by atoms with Crippen molar-refractivity contribution in [3.8, 4) is 0 Å². The third-order valence-electron chi connectivity index (χ3n) is 4.29. The van der Waals surface area contributed by atoms with Crippen LogP contribution in [-0.4, -0.2) is 64.4 Å². The molecule has 1 aromatic rings. The average Bonchev–Trinajstić information content (AvgIpc) is 3.12. The van der Waals surface area contributed by atoms with Gasteiger partial charge in [-0.15, -0.1) is 10.2 Å². The maximum atomic E-state index is 4.69. The van der Waals surface area contributed by atoms with Gasteiger partial charge in [0, 0.05) is 25.7 Å². The Morgan fingerprint density at radius 3 is 2.48 bits per heavy atom. The van der Waals surface area contributed by atoms with E-state index in [4.69, 9.17) is 4.99 Å². The van der Waals surface area contributed by atoms with E-state index in [-0.39, 0.29) is 0 Å². The van der Waals surface area contributed by atoms with Gasteiger partial charge in [0.2, 0.25) is 0 Å². The summed E-state index contributed by atoms with van der Waals surface area (Å²) < 4.78 is 2.01. The average molecular weight is 352 g/mol. The van der Waals surface area contributed by atoms with Gasteiger partial charge < -0.3 is 20.1 Å². The van der Waals surface area contributed by atoms with Gasteiger partial charge in [0.25, 0.3) is 0 Å². The van der Waals surface area contributed by atoms with E-state index < -0.39 is 0 Å². The van der Waals surface area contributed by atoms with Crippen LogP contribution in [0.5, 0.6) is 0 Å². The number of aromatic nitrogens is 3. The molecule has 1 unspecified atom stereocenters. The molecule has 1 rings (SSSR count). The minimum absolute atomic E-state index is 0.436. The van der Waals surface area contributed by atoms with Crippen LogP contribution in [0.2, 0.25) is 0 Å². The zero-order valence-corrected chi connectivity index (χ0v) is 16.5. The predicted molar refractivity (Wildman–Crippen MR) is 105 cm³/mol. The fourth-order valence-electron chi connectivity index (χ4n) is 2.72. The van der Waals surface area contributed by atoms with Crippen LogP contribution < -0.4 is 10.6 Å². The molecule has 0 amide bonds. The summed E-state index contributed by atoms with van der Waals surface area (Å²) >= 11 is 0. The summed E-state index contributed by atoms with van der Waals surface area (Å²) in [6.45, 7) is 14.9. The summed E-state index contributed by atoms with van der Waals surface area (Å²) in [6, 6.07) is 0.436. The Labute approximate surface area is 153 Å². The maximum absolute atomic E-state index is 4.69. The van der Waals surface area contributed by atoms with Gasteiger partial charge in [0.1, 0.15) is 12.7 Å². The highest BCUT2D eigenvalue weighted by Crippen LogP contribution is 2.00. The monoisotopic (exact) mass is 351 g/mol. The van der Waals surface area contributed by atoms with Gasteiger partial charge in [0.15, 0.2) is 5.96 Å². The van der Waals surface area contributed by atoms with Crippen LogP contribution in [0.3, 0.4) is 0 Å². The van der Waals surface area contributed by atoms with Crippen molar-refractivity contribution in [2.75, 3.05) is 32.7 Å². The molecule has 0 aliphatic rings. The van der Waals surface area contributed by atoms with E-state index in [9.17, 15) is 0 Å². The third-order valence-corrected chi connectivity index (χ3v) is 4.29. The lowest BCUT2D eigenvalue weighted by molar-refractivity contribution is 0.292. The lowest BCUT2D eigenvalue weighted by atomic mass is 10.2. The highest BCUT2D eigenvalue weighted by Gasteiger charge is 2.06. The summed E-state index contributed by atoms with van der Waals surface area (Å²) in [5.41, 5.74) is 0. The van der Waals surface area contributed by atoms with E-state index in [0.717, 1.165) is 57.9 Å². The highest BCUT2D eigenvalue weighted by atomic mass is 15.2. The largest absolute Gasteiger partial charge is 0.357 e. The van der Waals surface area contributed by atoms with Crippen molar-refractivity contribution in [3.05, 3.63) is 12.7 Å². The SMILES string of the molecule is CCNC(=NCCCCn1cnnc1)NC(C)CCCN(CC)CC. The zero-order chi connectivity index (χ0) is 18.3. The Morgan fingerprint density at radius 1 is 1.12 bits per heavy atom. The van der Waals surface area contributed by atoms with E-state index >= 15 is 0 Å². The van der Waals surface area contributed by atoms with Crippen molar-refractivity contribution in [1.29, 1.82) is 0 Å². The molecule has 1 heterocycles. The number of hydrogen-bond donors (Lipinski definition) is 2. The summed E-state index contributed by atoms with van der Waals surface area (Å²) in [4.78, 5) is 7.17. The van der Waals surface area contributed by atoms with E-state index in [1.165, 1.54) is 13.0 Å². The van der Waals surface area contributed by atoms with Gasteiger partial charge in [-0.05, 0) is 59.2 Å². The number of nitrogens with zero attached hydrogens (tertiary/aromatic N) is 5. The van der Waals surface area contributed by atoms with Gasteiger partial charge in [-0.25, -0.2) is 0 Å². The molecule has 0 bridgehead atoms. The van der Waals surface area contributed by atoms with Gasteiger partial charge in [-0.1, -0.05) is 13.8 Å². The van der Waals surface area contributed by atoms with Crippen molar-refractivity contribution in [2.24, 2.45) is 4.99 Å². The molecular weight excluding hydrogens is 314 g/mol. The summed E-state index contributed by atoms with van der Waals surface area (Å²) in [5, 5.41) is 14.5. The molecule has 0 aliphatic carbocycles. The second-order valence-corrected chi connectivity index (χ2v) is 6.38. The maximum Gasteiger partial charge on any atom is 0.191 e. The minimum Gasteiger partial charge on any atom is -0.357 e. The number of aliphatic imine (C=N–C) groups is 1. The van der Waals surface area contributed by atoms with E-state index in [2.05, 4.69) is 53.4 Å². The normalized spacial score (nSPS) is 13.2. The second-order valence-electron chi connectivity index (χ2n) is 6.38. The van der Waals surface area contributed by atoms with E-state index in [0.29, 0.717) is 6.04 Å². The number of hydrogen-bond acceptors (Lipinski definition) is 4. The molecule has 0 saturated carbocycles. The smallest absolute Gasteiger partial charge is 0.191 e. The third kappa shape index (κ3) is 10.1. The molecule has 0 radical (unpaired) electrons. The number of nitrogens with one attached hydrogen (secondary N) is 2. The van der Waals surface area contributed by atoms with E-state index in [1.807, 2.05) is 4.57 Å². The summed E-state index contributed by atoms with van der Waals surface area (Å²) in [5.74, 6) is 0.933. The second kappa shape index (κ2) is 13.6. The number of aryl methyl sites for hydroxylation is 1. The fraction of sp³-hybridized carbons (Fsp3) is 0.833. The standard InChI is InChI=1S/C18H37N7/c1-5-19-18(20-12-8-9-13-25-15-21-22-16-25)23-17(4)11-10-14-24(6-2)7-3/h15-17H,5-14H2,1-4H3,(H2,19,20,23). The van der Waals surface area contributed by atoms with E-state index in [1.54, 1.807) is 12.7 Å². The zero-order valence-electron chi connectivity index (χ0n) is 16.5. The molecule has 1 atom stereocenters. The Hall–Kier alpha value is -1.63. The molecule has 1 aromatic heterocycles. The van der Waals surface area contributed by atoms with Crippen LogP contribution in [-0.2, 0) is 6.54 Å². The predicted octanol–water partition coefficient (Wildman–Crippen LogP) is 2.12. The van der Waals surface area contributed by atoms with Crippen molar-refractivity contribution in [3.63, 3.8) is 0 Å². The molecule has 7 heteroatoms. The van der Waals surface area contributed by atoms with Crippen LogP contribution in [0, 0.1) is 0 Å². The first-order valence-corrected chi connectivity index (χ1v) is 9.79.